The van der Waals surface area contributed by atoms with E-state index in [9.17, 15) is 4.79 Å². The van der Waals surface area contributed by atoms with E-state index in [0.29, 0.717) is 18.9 Å². The highest BCUT2D eigenvalue weighted by molar-refractivity contribution is 5.79. The number of hydrogen-bond donors (Lipinski definition) is 1. The summed E-state index contributed by atoms with van der Waals surface area (Å²) in [5.74, 6) is 0.555. The summed E-state index contributed by atoms with van der Waals surface area (Å²) in [5.41, 5.74) is 4.45. The molecule has 1 N–H and O–H groups in total. The fraction of sp³-hybridized carbons (Fsp3) is 0.450. The lowest BCUT2D eigenvalue weighted by Gasteiger charge is -2.07. The molecule has 3 aromatic rings. The van der Waals surface area contributed by atoms with Gasteiger partial charge in [0, 0.05) is 48.1 Å². The highest BCUT2D eigenvalue weighted by Gasteiger charge is 2.17. The van der Waals surface area contributed by atoms with E-state index in [4.69, 9.17) is 0 Å². The maximum atomic E-state index is 12.4. The van der Waals surface area contributed by atoms with Crippen molar-refractivity contribution in [2.24, 2.45) is 0 Å². The highest BCUT2D eigenvalue weighted by atomic mass is 16.1. The van der Waals surface area contributed by atoms with Gasteiger partial charge in [0.1, 0.15) is 0 Å². The molecule has 0 saturated heterocycles. The van der Waals surface area contributed by atoms with Gasteiger partial charge < -0.3 is 9.88 Å². The predicted molar refractivity (Wildman–Crippen MR) is 106 cm³/mol. The van der Waals surface area contributed by atoms with E-state index in [1.165, 1.54) is 0 Å². The lowest BCUT2D eigenvalue weighted by Crippen LogP contribution is -2.26. The minimum atomic E-state index is 0.00900. The highest BCUT2D eigenvalue weighted by Crippen LogP contribution is 2.17. The molecule has 0 aromatic carbocycles. The Morgan fingerprint density at radius 2 is 1.86 bits per heavy atom. The standard InChI is InChI=1S/C20H27N7O/c1-14-11-15(2)24-20(23-14)27-17(4)18(16(3)25-27)12-19(28)22-7-5-6-9-26-10-8-21-13-26/h8,10-11,13H,5-7,9,12H2,1-4H3,(H,22,28). The van der Waals surface area contributed by atoms with Crippen molar-refractivity contribution in [2.75, 3.05) is 6.54 Å². The second-order valence-electron chi connectivity index (χ2n) is 7.05. The number of rotatable bonds is 8. The van der Waals surface area contributed by atoms with Gasteiger partial charge in [-0.05, 0) is 46.6 Å². The molecule has 148 valence electrons. The third-order valence-electron chi connectivity index (χ3n) is 4.66. The molecule has 0 unspecified atom stereocenters. The smallest absolute Gasteiger partial charge is 0.251 e. The van der Waals surface area contributed by atoms with Gasteiger partial charge >= 0.3 is 0 Å². The Hall–Kier alpha value is -3.03. The minimum Gasteiger partial charge on any atom is -0.356 e. The average molecular weight is 381 g/mol. The van der Waals surface area contributed by atoms with Crippen LogP contribution in [0.2, 0.25) is 0 Å². The molecular weight excluding hydrogens is 354 g/mol. The Kier molecular flexibility index (Phi) is 6.18. The van der Waals surface area contributed by atoms with Gasteiger partial charge in [-0.15, -0.1) is 0 Å². The summed E-state index contributed by atoms with van der Waals surface area (Å²) in [6.45, 7) is 9.32. The number of aromatic nitrogens is 6. The molecule has 0 aliphatic carbocycles. The summed E-state index contributed by atoms with van der Waals surface area (Å²) in [7, 11) is 0. The van der Waals surface area contributed by atoms with E-state index in [1.54, 1.807) is 17.2 Å². The van der Waals surface area contributed by atoms with Crippen molar-refractivity contribution in [3.05, 3.63) is 53.1 Å². The van der Waals surface area contributed by atoms with Crippen LogP contribution in [0.25, 0.3) is 5.95 Å². The Labute approximate surface area is 165 Å². The maximum Gasteiger partial charge on any atom is 0.251 e. The molecule has 0 radical (unpaired) electrons. The van der Waals surface area contributed by atoms with Gasteiger partial charge in [-0.2, -0.15) is 5.10 Å². The van der Waals surface area contributed by atoms with E-state index in [1.807, 2.05) is 44.5 Å². The number of amides is 1. The molecule has 3 aromatic heterocycles. The fourth-order valence-corrected chi connectivity index (χ4v) is 3.22. The molecule has 0 fully saturated rings. The molecule has 3 heterocycles. The van der Waals surface area contributed by atoms with Crippen LogP contribution < -0.4 is 5.32 Å². The number of carbonyl (C=O) groups excluding carboxylic acids is 1. The number of nitrogens with zero attached hydrogens (tertiary/aromatic N) is 6. The Balaban J connectivity index is 1.56. The summed E-state index contributed by atoms with van der Waals surface area (Å²) >= 11 is 0. The van der Waals surface area contributed by atoms with Crippen molar-refractivity contribution in [1.29, 1.82) is 0 Å². The SMILES string of the molecule is Cc1cc(C)nc(-n2nc(C)c(CC(=O)NCCCCn3ccnc3)c2C)n1. The predicted octanol–water partition coefficient (Wildman–Crippen LogP) is 2.23. The molecule has 0 spiro atoms. The molecule has 1 amide bonds. The van der Waals surface area contributed by atoms with Gasteiger partial charge in [0.25, 0.3) is 5.95 Å². The Morgan fingerprint density at radius 3 is 2.54 bits per heavy atom. The van der Waals surface area contributed by atoms with Crippen molar-refractivity contribution in [3.63, 3.8) is 0 Å². The van der Waals surface area contributed by atoms with Crippen LogP contribution in [-0.4, -0.2) is 41.8 Å². The van der Waals surface area contributed by atoms with Gasteiger partial charge in [0.05, 0.1) is 18.4 Å². The minimum absolute atomic E-state index is 0.00900. The lowest BCUT2D eigenvalue weighted by molar-refractivity contribution is -0.120. The molecule has 0 bridgehead atoms. The molecule has 28 heavy (non-hydrogen) atoms. The first-order valence-corrected chi connectivity index (χ1v) is 9.54. The zero-order valence-corrected chi connectivity index (χ0v) is 16.9. The van der Waals surface area contributed by atoms with Crippen LogP contribution in [0.15, 0.2) is 24.8 Å². The van der Waals surface area contributed by atoms with Crippen LogP contribution in [0.1, 0.15) is 41.2 Å². The molecular formula is C20H27N7O. The van der Waals surface area contributed by atoms with Crippen LogP contribution in [0.3, 0.4) is 0 Å². The number of hydrogen-bond acceptors (Lipinski definition) is 5. The average Bonchev–Trinajstić information content (AvgIpc) is 3.24. The molecule has 0 saturated carbocycles. The van der Waals surface area contributed by atoms with E-state index in [2.05, 4.69) is 25.4 Å². The van der Waals surface area contributed by atoms with Gasteiger partial charge in [0.15, 0.2) is 0 Å². The summed E-state index contributed by atoms with van der Waals surface area (Å²) in [6, 6.07) is 1.93. The van der Waals surface area contributed by atoms with E-state index in [-0.39, 0.29) is 5.91 Å². The zero-order valence-electron chi connectivity index (χ0n) is 16.9. The quantitative estimate of drug-likeness (QED) is 0.604. The van der Waals surface area contributed by atoms with Gasteiger partial charge in [-0.1, -0.05) is 0 Å². The van der Waals surface area contributed by atoms with Gasteiger partial charge in [-0.3, -0.25) is 4.79 Å². The van der Waals surface area contributed by atoms with Crippen LogP contribution >= 0.6 is 0 Å². The number of unbranched alkanes of at least 4 members (excludes halogenated alkanes) is 1. The second kappa shape index (κ2) is 8.77. The summed E-state index contributed by atoms with van der Waals surface area (Å²) in [4.78, 5) is 25.3. The second-order valence-corrected chi connectivity index (χ2v) is 7.05. The first-order valence-electron chi connectivity index (χ1n) is 9.54. The van der Waals surface area contributed by atoms with Crippen molar-refractivity contribution in [1.82, 2.24) is 34.6 Å². The van der Waals surface area contributed by atoms with E-state index < -0.39 is 0 Å². The van der Waals surface area contributed by atoms with E-state index in [0.717, 1.165) is 47.7 Å². The molecule has 8 heteroatoms. The molecule has 0 atom stereocenters. The number of carbonyl (C=O) groups is 1. The summed E-state index contributed by atoms with van der Waals surface area (Å²) in [5, 5.41) is 7.56. The van der Waals surface area contributed by atoms with Crippen LogP contribution in [0.5, 0.6) is 0 Å². The number of aryl methyl sites for hydroxylation is 4. The van der Waals surface area contributed by atoms with Crippen LogP contribution in [-0.2, 0) is 17.8 Å². The number of nitrogens with one attached hydrogen (secondary N) is 1. The monoisotopic (exact) mass is 381 g/mol. The van der Waals surface area contributed by atoms with Crippen molar-refractivity contribution >= 4 is 5.91 Å². The van der Waals surface area contributed by atoms with Crippen molar-refractivity contribution < 1.29 is 4.79 Å². The molecule has 0 aliphatic rings. The fourth-order valence-electron chi connectivity index (χ4n) is 3.22. The van der Waals surface area contributed by atoms with Crippen molar-refractivity contribution in [2.45, 2.75) is 53.5 Å². The van der Waals surface area contributed by atoms with Crippen LogP contribution in [0.4, 0.5) is 0 Å². The zero-order chi connectivity index (χ0) is 20.1. The molecule has 3 rings (SSSR count). The molecule has 8 nitrogen and oxygen atoms in total. The van der Waals surface area contributed by atoms with Gasteiger partial charge in [0.2, 0.25) is 5.91 Å². The van der Waals surface area contributed by atoms with E-state index >= 15 is 0 Å². The summed E-state index contributed by atoms with van der Waals surface area (Å²) < 4.78 is 3.76. The number of imidazole rings is 1. The molecule has 0 aliphatic heterocycles. The van der Waals surface area contributed by atoms with Gasteiger partial charge in [-0.25, -0.2) is 19.6 Å². The summed E-state index contributed by atoms with van der Waals surface area (Å²) in [6.07, 6.45) is 7.76. The largest absolute Gasteiger partial charge is 0.356 e. The first-order chi connectivity index (χ1) is 13.4. The maximum absolute atomic E-state index is 12.4. The van der Waals surface area contributed by atoms with Crippen LogP contribution in [0, 0.1) is 27.7 Å². The topological polar surface area (TPSA) is 90.5 Å². The first kappa shape index (κ1) is 19.7. The Bertz CT molecular complexity index is 924. The van der Waals surface area contributed by atoms with Crippen molar-refractivity contribution in [3.8, 4) is 5.95 Å². The Morgan fingerprint density at radius 1 is 1.11 bits per heavy atom. The third kappa shape index (κ3) is 4.82. The third-order valence-corrected chi connectivity index (χ3v) is 4.66. The normalized spacial score (nSPS) is 11.0. The lowest BCUT2D eigenvalue weighted by atomic mass is 10.1.